The first kappa shape index (κ1) is 20.9. The van der Waals surface area contributed by atoms with Crippen LogP contribution < -0.4 is 0 Å². The Morgan fingerprint density at radius 3 is 2.05 bits per heavy atom. The van der Waals surface area contributed by atoms with Gasteiger partial charge in [0.25, 0.3) is 0 Å². The van der Waals surface area contributed by atoms with E-state index in [9.17, 15) is 9.59 Å². The molecule has 0 rings (SSSR count). The number of carbonyl (C=O) groups excluding carboxylic acids is 2. The molecule has 0 saturated heterocycles. The van der Waals surface area contributed by atoms with E-state index in [4.69, 9.17) is 9.47 Å². The smallest absolute Gasteiger partial charge is 0.317 e. The maximum Gasteiger partial charge on any atom is 0.317 e. The highest BCUT2D eigenvalue weighted by molar-refractivity contribution is 5.91. The van der Waals surface area contributed by atoms with Gasteiger partial charge in [0.15, 0.2) is 0 Å². The summed E-state index contributed by atoms with van der Waals surface area (Å²) in [7, 11) is 0. The van der Waals surface area contributed by atoms with Crippen LogP contribution in [-0.4, -0.2) is 24.6 Å². The Hall–Kier alpha value is -1.06. The normalized spacial score (nSPS) is 12.0. The van der Waals surface area contributed by atoms with Crippen molar-refractivity contribution in [3.8, 4) is 0 Å². The number of unbranched alkanes of at least 4 members (excludes halogenated alkanes) is 6. The average molecular weight is 314 g/mol. The Labute approximate surface area is 135 Å². The fourth-order valence-corrected chi connectivity index (χ4v) is 2.31. The molecule has 0 aromatic carbocycles. The van der Waals surface area contributed by atoms with Crippen LogP contribution in [0.1, 0.15) is 91.4 Å². The second kappa shape index (κ2) is 14.9. The molecule has 0 bridgehead atoms. The highest BCUT2D eigenvalue weighted by Crippen LogP contribution is 2.09. The molecule has 0 aliphatic rings. The number of rotatable bonds is 14. The lowest BCUT2D eigenvalue weighted by atomic mass is 10.1. The summed E-state index contributed by atoms with van der Waals surface area (Å²) in [6.07, 6.45) is 10.5. The third-order valence-electron chi connectivity index (χ3n) is 3.66. The van der Waals surface area contributed by atoms with Crippen molar-refractivity contribution >= 4 is 11.9 Å². The quantitative estimate of drug-likeness (QED) is 0.263. The van der Waals surface area contributed by atoms with E-state index in [0.717, 1.165) is 32.1 Å². The second-order valence-corrected chi connectivity index (χ2v) is 5.83. The summed E-state index contributed by atoms with van der Waals surface area (Å²) in [5.41, 5.74) is 0. The van der Waals surface area contributed by atoms with E-state index in [1.165, 1.54) is 32.1 Å². The Morgan fingerprint density at radius 2 is 1.45 bits per heavy atom. The van der Waals surface area contributed by atoms with Crippen molar-refractivity contribution in [3.05, 3.63) is 0 Å². The summed E-state index contributed by atoms with van der Waals surface area (Å²) in [6.45, 7) is 6.64. The maximum atomic E-state index is 11.6. The molecule has 22 heavy (non-hydrogen) atoms. The molecule has 0 aromatic rings. The van der Waals surface area contributed by atoms with E-state index in [-0.39, 0.29) is 12.5 Å². The van der Waals surface area contributed by atoms with Gasteiger partial charge in [0.2, 0.25) is 0 Å². The lowest BCUT2D eigenvalue weighted by Crippen LogP contribution is -2.20. The molecule has 0 saturated carbocycles. The van der Waals surface area contributed by atoms with Crippen LogP contribution in [0, 0.1) is 0 Å². The van der Waals surface area contributed by atoms with Crippen molar-refractivity contribution in [3.63, 3.8) is 0 Å². The van der Waals surface area contributed by atoms with Crippen LogP contribution in [-0.2, 0) is 19.1 Å². The van der Waals surface area contributed by atoms with Crippen molar-refractivity contribution in [2.24, 2.45) is 0 Å². The topological polar surface area (TPSA) is 52.6 Å². The van der Waals surface area contributed by atoms with Gasteiger partial charge >= 0.3 is 11.9 Å². The Morgan fingerprint density at radius 1 is 0.818 bits per heavy atom. The monoisotopic (exact) mass is 314 g/mol. The molecule has 0 heterocycles. The van der Waals surface area contributed by atoms with Gasteiger partial charge in [-0.15, -0.1) is 0 Å². The summed E-state index contributed by atoms with van der Waals surface area (Å²) in [5.74, 6) is -0.938. The minimum Gasteiger partial charge on any atom is -0.465 e. The molecule has 4 nitrogen and oxygen atoms in total. The van der Waals surface area contributed by atoms with Crippen LogP contribution in [0.4, 0.5) is 0 Å². The van der Waals surface area contributed by atoms with Gasteiger partial charge < -0.3 is 9.47 Å². The molecule has 0 aliphatic carbocycles. The standard InChI is InChI=1S/C18H34O4/c1-4-7-8-9-10-11-12-14-21-17(19)15-18(20)22-16(6-3)13-5-2/h16H,4-15H2,1-3H3. The summed E-state index contributed by atoms with van der Waals surface area (Å²) in [4.78, 5) is 23.1. The molecule has 4 heteroatoms. The van der Waals surface area contributed by atoms with E-state index in [0.29, 0.717) is 6.61 Å². The van der Waals surface area contributed by atoms with Gasteiger partial charge in [-0.2, -0.15) is 0 Å². The number of hydrogen-bond acceptors (Lipinski definition) is 4. The van der Waals surface area contributed by atoms with Crippen molar-refractivity contribution in [2.45, 2.75) is 97.5 Å². The van der Waals surface area contributed by atoms with Crippen molar-refractivity contribution in [1.29, 1.82) is 0 Å². The highest BCUT2D eigenvalue weighted by Gasteiger charge is 2.16. The number of ether oxygens (including phenoxy) is 2. The molecule has 0 N–H and O–H groups in total. The Kier molecular flexibility index (Phi) is 14.1. The van der Waals surface area contributed by atoms with Crippen molar-refractivity contribution in [2.75, 3.05) is 6.61 Å². The van der Waals surface area contributed by atoms with E-state index in [1.54, 1.807) is 0 Å². The SMILES string of the molecule is CCCCCCCCCOC(=O)CC(=O)OC(CC)CCC. The molecule has 0 radical (unpaired) electrons. The third-order valence-corrected chi connectivity index (χ3v) is 3.66. The highest BCUT2D eigenvalue weighted by atomic mass is 16.6. The molecule has 130 valence electrons. The first-order chi connectivity index (χ1) is 10.6. The lowest BCUT2D eigenvalue weighted by molar-refractivity contribution is -0.158. The maximum absolute atomic E-state index is 11.6. The van der Waals surface area contributed by atoms with Crippen LogP contribution >= 0.6 is 0 Å². The summed E-state index contributed by atoms with van der Waals surface area (Å²) >= 11 is 0. The summed E-state index contributed by atoms with van der Waals surface area (Å²) < 4.78 is 10.3. The minimum absolute atomic E-state index is 0.0755. The fraction of sp³-hybridized carbons (Fsp3) is 0.889. The average Bonchev–Trinajstić information content (AvgIpc) is 2.49. The zero-order valence-corrected chi connectivity index (χ0v) is 14.7. The van der Waals surface area contributed by atoms with Gasteiger partial charge in [-0.3, -0.25) is 9.59 Å². The van der Waals surface area contributed by atoms with Gasteiger partial charge in [0.1, 0.15) is 12.5 Å². The number of hydrogen-bond donors (Lipinski definition) is 0. The first-order valence-electron chi connectivity index (χ1n) is 8.99. The van der Waals surface area contributed by atoms with Crippen LogP contribution in [0.25, 0.3) is 0 Å². The molecule has 1 unspecified atom stereocenters. The lowest BCUT2D eigenvalue weighted by Gasteiger charge is -2.14. The largest absolute Gasteiger partial charge is 0.465 e. The van der Waals surface area contributed by atoms with Crippen molar-refractivity contribution in [1.82, 2.24) is 0 Å². The van der Waals surface area contributed by atoms with Crippen LogP contribution in [0.5, 0.6) is 0 Å². The molecular formula is C18H34O4. The summed E-state index contributed by atoms with van der Waals surface area (Å²) in [6, 6.07) is 0. The molecule has 0 amide bonds. The Balaban J connectivity index is 3.57. The van der Waals surface area contributed by atoms with Crippen LogP contribution in [0.15, 0.2) is 0 Å². The predicted molar refractivity (Wildman–Crippen MR) is 88.6 cm³/mol. The first-order valence-corrected chi connectivity index (χ1v) is 8.99. The van der Waals surface area contributed by atoms with E-state index in [1.807, 2.05) is 13.8 Å². The molecular weight excluding hydrogens is 280 g/mol. The van der Waals surface area contributed by atoms with Gasteiger partial charge in [0.05, 0.1) is 6.61 Å². The predicted octanol–water partition coefficient (Wildman–Crippen LogP) is 4.79. The molecule has 0 aliphatic heterocycles. The van der Waals surface area contributed by atoms with Gasteiger partial charge in [-0.25, -0.2) is 0 Å². The van der Waals surface area contributed by atoms with Gasteiger partial charge in [0, 0.05) is 0 Å². The second-order valence-electron chi connectivity index (χ2n) is 5.83. The zero-order chi connectivity index (χ0) is 16.6. The molecule has 0 spiro atoms. The van der Waals surface area contributed by atoms with Crippen LogP contribution in [0.3, 0.4) is 0 Å². The third kappa shape index (κ3) is 12.7. The number of esters is 2. The number of carbonyl (C=O) groups is 2. The summed E-state index contributed by atoms with van der Waals surface area (Å²) in [5, 5.41) is 0. The van der Waals surface area contributed by atoms with Crippen molar-refractivity contribution < 1.29 is 19.1 Å². The zero-order valence-electron chi connectivity index (χ0n) is 14.7. The van der Waals surface area contributed by atoms with E-state index >= 15 is 0 Å². The fourth-order valence-electron chi connectivity index (χ4n) is 2.31. The van der Waals surface area contributed by atoms with E-state index in [2.05, 4.69) is 6.92 Å². The molecule has 0 aromatic heterocycles. The van der Waals surface area contributed by atoms with E-state index < -0.39 is 11.9 Å². The van der Waals surface area contributed by atoms with Gasteiger partial charge in [-0.05, 0) is 19.3 Å². The van der Waals surface area contributed by atoms with Gasteiger partial charge in [-0.1, -0.05) is 65.7 Å². The molecule has 1 atom stereocenters. The minimum atomic E-state index is -0.470. The molecule has 0 fully saturated rings. The van der Waals surface area contributed by atoms with Crippen LogP contribution in [0.2, 0.25) is 0 Å². The Bertz CT molecular complexity index is 289.